The van der Waals surface area contributed by atoms with E-state index in [2.05, 4.69) is 15.3 Å². The SMILES string of the molecule is COc1ccc(C(OCC(CO)NC(=O)CCCOc2cc(-c3ccccn3)nc(-c3ccccn3)c2)(c2ccccc2)c2ccc(OC)cc2)cc1. The standard InChI is InChI=1S/C43H42N4O6/c1-50-35-20-16-32(17-21-35)43(31-11-4-3-5-12-31,33-18-22-36(51-2)23-19-33)53-30-34(29-48)46-42(49)15-10-26-52-37-27-40(38-13-6-8-24-44-38)47-41(28-37)39-14-7-9-25-45-39/h3-9,11-14,16-25,27-28,34,48H,10,15,26,29-30H2,1-2H3,(H,46,49). The van der Waals surface area contributed by atoms with Gasteiger partial charge in [0.05, 0.1) is 62.9 Å². The number of methoxy groups -OCH3 is 2. The van der Waals surface area contributed by atoms with Gasteiger partial charge in [-0.1, -0.05) is 66.7 Å². The Kier molecular flexibility index (Phi) is 12.4. The number of aromatic nitrogens is 3. The fraction of sp³-hybridized carbons (Fsp3) is 0.209. The van der Waals surface area contributed by atoms with E-state index in [1.165, 1.54) is 0 Å². The van der Waals surface area contributed by atoms with Gasteiger partial charge in [0.25, 0.3) is 0 Å². The summed E-state index contributed by atoms with van der Waals surface area (Å²) in [4.78, 5) is 26.8. The first-order valence-corrected chi connectivity index (χ1v) is 17.4. The van der Waals surface area contributed by atoms with E-state index in [-0.39, 0.29) is 32.1 Å². The summed E-state index contributed by atoms with van der Waals surface area (Å²) in [6.45, 7) is -0.00957. The number of benzene rings is 3. The van der Waals surface area contributed by atoms with Gasteiger partial charge in [-0.25, -0.2) is 4.98 Å². The first-order chi connectivity index (χ1) is 26.0. The largest absolute Gasteiger partial charge is 0.497 e. The molecule has 3 aromatic heterocycles. The van der Waals surface area contributed by atoms with Crippen molar-refractivity contribution >= 4 is 5.91 Å². The summed E-state index contributed by atoms with van der Waals surface area (Å²) in [7, 11) is 3.25. The first-order valence-electron chi connectivity index (χ1n) is 17.4. The van der Waals surface area contributed by atoms with Crippen molar-refractivity contribution in [2.45, 2.75) is 24.5 Å². The molecule has 0 fully saturated rings. The van der Waals surface area contributed by atoms with Gasteiger partial charge < -0.3 is 29.4 Å². The topological polar surface area (TPSA) is 125 Å². The molecule has 10 nitrogen and oxygen atoms in total. The van der Waals surface area contributed by atoms with E-state index in [0.717, 1.165) is 16.7 Å². The smallest absolute Gasteiger partial charge is 0.220 e. The maximum absolute atomic E-state index is 13.2. The van der Waals surface area contributed by atoms with Crippen LogP contribution in [-0.4, -0.2) is 66.0 Å². The molecule has 0 saturated heterocycles. The molecule has 1 unspecified atom stereocenters. The number of hydrogen-bond donors (Lipinski definition) is 2. The second-order valence-electron chi connectivity index (χ2n) is 12.2. The predicted octanol–water partition coefficient (Wildman–Crippen LogP) is 6.87. The van der Waals surface area contributed by atoms with Crippen LogP contribution in [0.4, 0.5) is 0 Å². The molecule has 0 aliphatic carbocycles. The molecule has 53 heavy (non-hydrogen) atoms. The fourth-order valence-electron chi connectivity index (χ4n) is 6.04. The number of carbonyl (C=O) groups excluding carboxylic acids is 1. The lowest BCUT2D eigenvalue weighted by atomic mass is 9.80. The highest BCUT2D eigenvalue weighted by atomic mass is 16.5. The Morgan fingerprint density at radius 3 is 1.70 bits per heavy atom. The zero-order valence-corrected chi connectivity index (χ0v) is 29.7. The molecule has 0 spiro atoms. The lowest BCUT2D eigenvalue weighted by Gasteiger charge is -2.37. The molecule has 2 N–H and O–H groups in total. The van der Waals surface area contributed by atoms with Gasteiger partial charge in [-0.15, -0.1) is 0 Å². The molecule has 3 aromatic carbocycles. The molecule has 1 amide bonds. The number of amides is 1. The summed E-state index contributed by atoms with van der Waals surface area (Å²) in [5.74, 6) is 1.79. The van der Waals surface area contributed by atoms with Crippen LogP contribution in [0.5, 0.6) is 17.2 Å². The normalized spacial score (nSPS) is 11.8. The summed E-state index contributed by atoms with van der Waals surface area (Å²) in [5, 5.41) is 13.4. The fourth-order valence-corrected chi connectivity index (χ4v) is 6.04. The third-order valence-electron chi connectivity index (χ3n) is 8.73. The Hall–Kier alpha value is -6.10. The average molecular weight is 711 g/mol. The summed E-state index contributed by atoms with van der Waals surface area (Å²) < 4.78 is 23.9. The van der Waals surface area contributed by atoms with Gasteiger partial charge in [0.2, 0.25) is 5.91 Å². The Labute approximate surface area is 309 Å². The molecule has 6 rings (SSSR count). The molecular formula is C43H42N4O6. The number of ether oxygens (including phenoxy) is 4. The second-order valence-corrected chi connectivity index (χ2v) is 12.2. The molecular weight excluding hydrogens is 668 g/mol. The highest BCUT2D eigenvalue weighted by Gasteiger charge is 2.38. The Balaban J connectivity index is 1.14. The number of hydrogen-bond acceptors (Lipinski definition) is 9. The molecule has 1 atom stereocenters. The zero-order valence-electron chi connectivity index (χ0n) is 29.7. The summed E-state index contributed by atoms with van der Waals surface area (Å²) in [6.07, 6.45) is 4.06. The third-order valence-corrected chi connectivity index (χ3v) is 8.73. The zero-order chi connectivity index (χ0) is 36.9. The maximum atomic E-state index is 13.2. The van der Waals surface area contributed by atoms with Crippen LogP contribution < -0.4 is 19.5 Å². The highest BCUT2D eigenvalue weighted by molar-refractivity contribution is 5.76. The molecule has 0 bridgehead atoms. The van der Waals surface area contributed by atoms with Crippen molar-refractivity contribution in [2.24, 2.45) is 0 Å². The quantitative estimate of drug-likeness (QED) is 0.0771. The minimum atomic E-state index is -1.08. The summed E-state index contributed by atoms with van der Waals surface area (Å²) in [6, 6.07) is 39.5. The molecule has 0 radical (unpaired) electrons. The number of aliphatic hydroxyl groups is 1. The molecule has 0 aliphatic rings. The van der Waals surface area contributed by atoms with Gasteiger partial charge in [-0.2, -0.15) is 0 Å². The predicted molar refractivity (Wildman–Crippen MR) is 203 cm³/mol. The number of aliphatic hydroxyl groups excluding tert-OH is 1. The van der Waals surface area contributed by atoms with Gasteiger partial charge >= 0.3 is 0 Å². The Morgan fingerprint density at radius 2 is 1.21 bits per heavy atom. The van der Waals surface area contributed by atoms with Crippen molar-refractivity contribution in [3.63, 3.8) is 0 Å². The number of rotatable bonds is 17. The van der Waals surface area contributed by atoms with E-state index in [1.54, 1.807) is 26.6 Å². The highest BCUT2D eigenvalue weighted by Crippen LogP contribution is 2.41. The molecule has 270 valence electrons. The van der Waals surface area contributed by atoms with Crippen LogP contribution in [0.3, 0.4) is 0 Å². The van der Waals surface area contributed by atoms with E-state index in [1.807, 2.05) is 127 Å². The van der Waals surface area contributed by atoms with Crippen LogP contribution in [-0.2, 0) is 15.1 Å². The van der Waals surface area contributed by atoms with Gasteiger partial charge in [0, 0.05) is 30.9 Å². The second kappa shape index (κ2) is 17.9. The lowest BCUT2D eigenvalue weighted by molar-refractivity contribution is -0.123. The van der Waals surface area contributed by atoms with E-state index in [9.17, 15) is 9.90 Å². The van der Waals surface area contributed by atoms with E-state index >= 15 is 0 Å². The van der Waals surface area contributed by atoms with Crippen LogP contribution >= 0.6 is 0 Å². The Morgan fingerprint density at radius 1 is 0.679 bits per heavy atom. The minimum absolute atomic E-state index is 0.0231. The number of pyridine rings is 3. The monoisotopic (exact) mass is 710 g/mol. The number of nitrogens with zero attached hydrogens (tertiary/aromatic N) is 3. The number of nitrogens with one attached hydrogen (secondary N) is 1. The number of carbonyl (C=O) groups is 1. The molecule has 6 aromatic rings. The van der Waals surface area contributed by atoms with Gasteiger partial charge in [-0.05, 0) is 71.6 Å². The molecule has 0 aliphatic heterocycles. The van der Waals surface area contributed by atoms with E-state index in [0.29, 0.717) is 46.4 Å². The van der Waals surface area contributed by atoms with Crippen LogP contribution in [0.1, 0.15) is 29.5 Å². The van der Waals surface area contributed by atoms with Gasteiger partial charge in [-0.3, -0.25) is 14.8 Å². The summed E-state index contributed by atoms with van der Waals surface area (Å²) in [5.41, 5.74) is 4.23. The van der Waals surface area contributed by atoms with Crippen LogP contribution in [0.25, 0.3) is 22.8 Å². The van der Waals surface area contributed by atoms with Crippen molar-refractivity contribution in [2.75, 3.05) is 34.0 Å². The van der Waals surface area contributed by atoms with Crippen LogP contribution in [0.15, 0.2) is 140 Å². The summed E-state index contributed by atoms with van der Waals surface area (Å²) >= 11 is 0. The molecule has 3 heterocycles. The van der Waals surface area contributed by atoms with Crippen molar-refractivity contribution in [3.05, 3.63) is 156 Å². The van der Waals surface area contributed by atoms with E-state index < -0.39 is 11.6 Å². The first kappa shape index (κ1) is 36.7. The molecule has 0 saturated carbocycles. The minimum Gasteiger partial charge on any atom is -0.497 e. The molecule has 10 heteroatoms. The van der Waals surface area contributed by atoms with Crippen molar-refractivity contribution in [1.82, 2.24) is 20.3 Å². The van der Waals surface area contributed by atoms with Crippen LogP contribution in [0.2, 0.25) is 0 Å². The van der Waals surface area contributed by atoms with Gasteiger partial charge in [0.15, 0.2) is 0 Å². The third kappa shape index (κ3) is 9.04. The van der Waals surface area contributed by atoms with Crippen molar-refractivity contribution in [3.8, 4) is 40.0 Å². The maximum Gasteiger partial charge on any atom is 0.220 e. The van der Waals surface area contributed by atoms with E-state index in [4.69, 9.17) is 23.9 Å². The lowest BCUT2D eigenvalue weighted by Crippen LogP contribution is -2.44. The van der Waals surface area contributed by atoms with Crippen molar-refractivity contribution < 1.29 is 28.8 Å². The van der Waals surface area contributed by atoms with Gasteiger partial charge in [0.1, 0.15) is 22.8 Å². The Bertz CT molecular complexity index is 1930. The van der Waals surface area contributed by atoms with Crippen molar-refractivity contribution in [1.29, 1.82) is 0 Å². The average Bonchev–Trinajstić information content (AvgIpc) is 3.23. The van der Waals surface area contributed by atoms with Crippen LogP contribution in [0, 0.1) is 0 Å².